The van der Waals surface area contributed by atoms with Gasteiger partial charge in [-0.3, -0.25) is 0 Å². The molecule has 1 saturated carbocycles. The van der Waals surface area contributed by atoms with Gasteiger partial charge < -0.3 is 9.47 Å². The molecule has 3 nitrogen and oxygen atoms in total. The van der Waals surface area contributed by atoms with Crippen LogP contribution in [0.4, 0.5) is 8.78 Å². The molecular weight excluding hydrogens is 384 g/mol. The smallest absolute Gasteiger partial charge is 0.201 e. The van der Waals surface area contributed by atoms with Gasteiger partial charge in [-0.25, -0.2) is 4.39 Å². The van der Waals surface area contributed by atoms with E-state index in [1.807, 2.05) is 0 Å². The summed E-state index contributed by atoms with van der Waals surface area (Å²) in [4.78, 5) is 0. The van der Waals surface area contributed by atoms with Gasteiger partial charge in [0.15, 0.2) is 11.6 Å². The van der Waals surface area contributed by atoms with E-state index in [1.165, 1.54) is 30.5 Å². The van der Waals surface area contributed by atoms with Crippen molar-refractivity contribution in [3.63, 3.8) is 0 Å². The Morgan fingerprint density at radius 1 is 0.933 bits per heavy atom. The summed E-state index contributed by atoms with van der Waals surface area (Å²) in [5, 5.41) is 8.75. The molecule has 5 heteroatoms. The van der Waals surface area contributed by atoms with E-state index < -0.39 is 11.6 Å². The van der Waals surface area contributed by atoms with Crippen molar-refractivity contribution < 1.29 is 18.3 Å². The second kappa shape index (κ2) is 11.0. The summed E-state index contributed by atoms with van der Waals surface area (Å²) in [5.41, 5.74) is 1.02. The molecule has 1 aliphatic rings. The molecule has 0 radical (unpaired) electrons. The zero-order valence-electron chi connectivity index (χ0n) is 17.5. The molecular formula is C25H29F2NO2. The molecule has 3 rings (SSSR count). The highest BCUT2D eigenvalue weighted by Crippen LogP contribution is 2.36. The number of ether oxygens (including phenoxy) is 2. The first-order valence-corrected chi connectivity index (χ1v) is 10.9. The highest BCUT2D eigenvalue weighted by molar-refractivity contribution is 5.37. The first-order chi connectivity index (χ1) is 14.6. The monoisotopic (exact) mass is 413 g/mol. The molecule has 0 N–H and O–H groups in total. The summed E-state index contributed by atoms with van der Waals surface area (Å²) in [5.74, 6) is -0.590. The largest absolute Gasteiger partial charge is 0.494 e. The van der Waals surface area contributed by atoms with E-state index in [4.69, 9.17) is 14.7 Å². The Bertz CT molecular complexity index is 853. The van der Waals surface area contributed by atoms with Crippen molar-refractivity contribution in [2.75, 3.05) is 13.2 Å². The lowest BCUT2D eigenvalue weighted by Gasteiger charge is -2.29. The van der Waals surface area contributed by atoms with E-state index in [0.29, 0.717) is 18.4 Å². The first-order valence-electron chi connectivity index (χ1n) is 10.9. The standard InChI is InChI=1S/C25H29F2NO2/c1-2-3-4-15-29-22-12-9-20(10-13-22)19-7-5-18(6-8-19)17-30-23-14-11-21(16-28)24(26)25(23)27/h9-14,18-19H,2-8,15,17H2,1H3/t18-,19-. The van der Waals surface area contributed by atoms with Crippen molar-refractivity contribution >= 4 is 0 Å². The summed E-state index contributed by atoms with van der Waals surface area (Å²) in [7, 11) is 0. The Hall–Kier alpha value is -2.61. The number of nitrogens with zero attached hydrogens (tertiary/aromatic N) is 1. The summed E-state index contributed by atoms with van der Waals surface area (Å²) in [6, 6.07) is 12.6. The van der Waals surface area contributed by atoms with Crippen molar-refractivity contribution in [3.8, 4) is 17.6 Å². The molecule has 0 saturated heterocycles. The molecule has 0 aliphatic heterocycles. The van der Waals surface area contributed by atoms with Gasteiger partial charge in [-0.1, -0.05) is 31.9 Å². The van der Waals surface area contributed by atoms with E-state index >= 15 is 0 Å². The Morgan fingerprint density at radius 3 is 2.33 bits per heavy atom. The average Bonchev–Trinajstić information content (AvgIpc) is 2.79. The lowest BCUT2D eigenvalue weighted by molar-refractivity contribution is 0.192. The minimum Gasteiger partial charge on any atom is -0.494 e. The quantitative estimate of drug-likeness (QED) is 0.427. The van der Waals surface area contributed by atoms with E-state index in [0.717, 1.165) is 44.5 Å². The van der Waals surface area contributed by atoms with Crippen molar-refractivity contribution in [3.05, 3.63) is 59.2 Å². The third kappa shape index (κ3) is 5.72. The van der Waals surface area contributed by atoms with Crippen LogP contribution in [0.25, 0.3) is 0 Å². The maximum Gasteiger partial charge on any atom is 0.201 e. The number of rotatable bonds is 9. The number of halogens is 2. The topological polar surface area (TPSA) is 42.2 Å². The van der Waals surface area contributed by atoms with Crippen LogP contribution in [-0.4, -0.2) is 13.2 Å². The fraction of sp³-hybridized carbons (Fsp3) is 0.480. The summed E-state index contributed by atoms with van der Waals surface area (Å²) < 4.78 is 39.0. The summed E-state index contributed by atoms with van der Waals surface area (Å²) in [6.07, 6.45) is 7.54. The molecule has 30 heavy (non-hydrogen) atoms. The number of unbranched alkanes of at least 4 members (excludes halogenated alkanes) is 2. The normalized spacial score (nSPS) is 18.6. The lowest BCUT2D eigenvalue weighted by atomic mass is 9.79. The van der Waals surface area contributed by atoms with E-state index in [1.54, 1.807) is 6.07 Å². The number of nitriles is 1. The van der Waals surface area contributed by atoms with Crippen molar-refractivity contribution in [2.45, 2.75) is 57.8 Å². The zero-order valence-corrected chi connectivity index (χ0v) is 17.5. The van der Waals surface area contributed by atoms with Gasteiger partial charge in [-0.2, -0.15) is 9.65 Å². The van der Waals surface area contributed by atoms with Crippen LogP contribution in [0.1, 0.15) is 68.9 Å². The Morgan fingerprint density at radius 2 is 1.67 bits per heavy atom. The van der Waals surface area contributed by atoms with Crippen LogP contribution in [0.5, 0.6) is 11.5 Å². The van der Waals surface area contributed by atoms with Gasteiger partial charge in [0, 0.05) is 0 Å². The van der Waals surface area contributed by atoms with Gasteiger partial charge in [-0.05, 0) is 73.8 Å². The zero-order chi connectivity index (χ0) is 21.3. The molecule has 0 heterocycles. The molecule has 2 aromatic rings. The average molecular weight is 414 g/mol. The number of hydrogen-bond acceptors (Lipinski definition) is 3. The van der Waals surface area contributed by atoms with Gasteiger partial charge in [0.1, 0.15) is 11.8 Å². The molecule has 0 amide bonds. The third-order valence-corrected chi connectivity index (χ3v) is 5.86. The number of hydrogen-bond donors (Lipinski definition) is 0. The molecule has 0 bridgehead atoms. The summed E-state index contributed by atoms with van der Waals surface area (Å²) >= 11 is 0. The van der Waals surface area contributed by atoms with Gasteiger partial charge >= 0.3 is 0 Å². The van der Waals surface area contributed by atoms with Crippen molar-refractivity contribution in [2.24, 2.45) is 5.92 Å². The minimum absolute atomic E-state index is 0.122. The van der Waals surface area contributed by atoms with E-state index in [9.17, 15) is 8.78 Å². The SMILES string of the molecule is CCCCCOc1ccc([C@H]2CC[C@H](COc3ccc(C#N)c(F)c3F)CC2)cc1. The highest BCUT2D eigenvalue weighted by atomic mass is 19.2. The molecule has 1 fully saturated rings. The van der Waals surface area contributed by atoms with Gasteiger partial charge in [0.05, 0.1) is 18.8 Å². The fourth-order valence-corrected chi connectivity index (χ4v) is 3.98. The van der Waals surface area contributed by atoms with Crippen LogP contribution < -0.4 is 9.47 Å². The van der Waals surface area contributed by atoms with Crippen molar-refractivity contribution in [1.82, 2.24) is 0 Å². The molecule has 2 aromatic carbocycles. The Labute approximate surface area is 177 Å². The maximum absolute atomic E-state index is 14.0. The molecule has 160 valence electrons. The van der Waals surface area contributed by atoms with E-state index in [2.05, 4.69) is 31.2 Å². The van der Waals surface area contributed by atoms with Gasteiger partial charge in [0.2, 0.25) is 5.82 Å². The van der Waals surface area contributed by atoms with E-state index in [-0.39, 0.29) is 11.3 Å². The Kier molecular flexibility index (Phi) is 8.07. The second-order valence-electron chi connectivity index (χ2n) is 8.00. The van der Waals surface area contributed by atoms with Crippen LogP contribution in [0.3, 0.4) is 0 Å². The molecule has 1 aliphatic carbocycles. The summed E-state index contributed by atoms with van der Waals surface area (Å²) in [6.45, 7) is 3.31. The third-order valence-electron chi connectivity index (χ3n) is 5.86. The lowest BCUT2D eigenvalue weighted by Crippen LogP contribution is -2.19. The predicted octanol–water partition coefficient (Wildman–Crippen LogP) is 6.76. The second-order valence-corrected chi connectivity index (χ2v) is 8.00. The minimum atomic E-state index is -1.14. The Balaban J connectivity index is 1.45. The first kappa shape index (κ1) is 22.1. The predicted molar refractivity (Wildman–Crippen MR) is 113 cm³/mol. The maximum atomic E-state index is 14.0. The number of benzene rings is 2. The molecule has 0 atom stereocenters. The van der Waals surface area contributed by atoms with Gasteiger partial charge in [-0.15, -0.1) is 0 Å². The fourth-order valence-electron chi connectivity index (χ4n) is 3.98. The van der Waals surface area contributed by atoms with Crippen LogP contribution in [0, 0.1) is 28.9 Å². The van der Waals surface area contributed by atoms with Crippen molar-refractivity contribution in [1.29, 1.82) is 5.26 Å². The molecule has 0 aromatic heterocycles. The van der Waals surface area contributed by atoms with Crippen LogP contribution in [-0.2, 0) is 0 Å². The van der Waals surface area contributed by atoms with Crippen LogP contribution >= 0.6 is 0 Å². The molecule has 0 spiro atoms. The van der Waals surface area contributed by atoms with Crippen LogP contribution in [0.15, 0.2) is 36.4 Å². The van der Waals surface area contributed by atoms with Gasteiger partial charge in [0.25, 0.3) is 0 Å². The highest BCUT2D eigenvalue weighted by Gasteiger charge is 2.24. The molecule has 0 unspecified atom stereocenters. The van der Waals surface area contributed by atoms with Crippen LogP contribution in [0.2, 0.25) is 0 Å².